The van der Waals surface area contributed by atoms with Gasteiger partial charge < -0.3 is 10.2 Å². The highest BCUT2D eigenvalue weighted by Gasteiger charge is 2.17. The van der Waals surface area contributed by atoms with Crippen LogP contribution in [0.1, 0.15) is 31.5 Å². The van der Waals surface area contributed by atoms with Crippen molar-refractivity contribution in [3.8, 4) is 0 Å². The van der Waals surface area contributed by atoms with Crippen LogP contribution in [0.5, 0.6) is 0 Å². The van der Waals surface area contributed by atoms with E-state index >= 15 is 0 Å². The zero-order valence-electron chi connectivity index (χ0n) is 11.5. The summed E-state index contributed by atoms with van der Waals surface area (Å²) in [4.78, 5) is 11.2. The molecular formula is C14H24N4. The van der Waals surface area contributed by atoms with Crippen molar-refractivity contribution in [3.05, 3.63) is 18.1 Å². The van der Waals surface area contributed by atoms with Crippen LogP contribution in [0.2, 0.25) is 0 Å². The Morgan fingerprint density at radius 1 is 1.44 bits per heavy atom. The summed E-state index contributed by atoms with van der Waals surface area (Å²) in [5.74, 6) is 2.94. The van der Waals surface area contributed by atoms with E-state index in [9.17, 15) is 0 Å². The molecule has 1 fully saturated rings. The minimum Gasteiger partial charge on any atom is -0.360 e. The van der Waals surface area contributed by atoms with E-state index in [0.717, 1.165) is 37.1 Å². The molecule has 4 nitrogen and oxygen atoms in total. The lowest BCUT2D eigenvalue weighted by Gasteiger charge is -2.28. The Balaban J connectivity index is 1.85. The number of nitrogens with zero attached hydrogens (tertiary/aromatic N) is 3. The molecule has 1 aromatic heterocycles. The molecule has 0 spiro atoms. The standard InChI is InChI=1S/C14H24N4/c1-15-9-6-13-16-10-7-14(17-13)18(2)11-8-12-4-3-5-12/h7,10,12,15H,3-6,8-9,11H2,1-2H3. The van der Waals surface area contributed by atoms with Gasteiger partial charge in [-0.25, -0.2) is 9.97 Å². The normalized spacial score (nSPS) is 15.4. The third-order valence-corrected chi connectivity index (χ3v) is 3.78. The van der Waals surface area contributed by atoms with E-state index in [0.29, 0.717) is 0 Å². The molecule has 1 saturated carbocycles. The molecule has 0 aromatic carbocycles. The summed E-state index contributed by atoms with van der Waals surface area (Å²) in [6.07, 6.45) is 8.33. The number of hydrogen-bond acceptors (Lipinski definition) is 4. The highest BCUT2D eigenvalue weighted by atomic mass is 15.2. The van der Waals surface area contributed by atoms with Crippen molar-refractivity contribution in [3.63, 3.8) is 0 Å². The summed E-state index contributed by atoms with van der Waals surface area (Å²) in [7, 11) is 4.08. The van der Waals surface area contributed by atoms with Gasteiger partial charge in [0.15, 0.2) is 0 Å². The van der Waals surface area contributed by atoms with Crippen LogP contribution in [0.25, 0.3) is 0 Å². The largest absolute Gasteiger partial charge is 0.360 e. The number of nitrogens with one attached hydrogen (secondary N) is 1. The molecule has 4 heteroatoms. The summed E-state index contributed by atoms with van der Waals surface area (Å²) in [6, 6.07) is 2.00. The van der Waals surface area contributed by atoms with E-state index in [4.69, 9.17) is 0 Å². The van der Waals surface area contributed by atoms with Gasteiger partial charge >= 0.3 is 0 Å². The Morgan fingerprint density at radius 2 is 2.28 bits per heavy atom. The van der Waals surface area contributed by atoms with Crippen molar-refractivity contribution in [2.75, 3.05) is 32.1 Å². The third-order valence-electron chi connectivity index (χ3n) is 3.78. The van der Waals surface area contributed by atoms with E-state index < -0.39 is 0 Å². The van der Waals surface area contributed by atoms with Crippen molar-refractivity contribution in [1.29, 1.82) is 0 Å². The molecule has 1 aliphatic rings. The highest BCUT2D eigenvalue weighted by Crippen LogP contribution is 2.29. The Kier molecular flexibility index (Phi) is 4.93. The topological polar surface area (TPSA) is 41.1 Å². The second-order valence-corrected chi connectivity index (χ2v) is 5.19. The van der Waals surface area contributed by atoms with Crippen LogP contribution in [0.3, 0.4) is 0 Å². The Morgan fingerprint density at radius 3 is 2.94 bits per heavy atom. The maximum Gasteiger partial charge on any atom is 0.131 e. The molecule has 0 amide bonds. The molecule has 0 saturated heterocycles. The van der Waals surface area contributed by atoms with Gasteiger partial charge in [-0.15, -0.1) is 0 Å². The molecule has 18 heavy (non-hydrogen) atoms. The lowest BCUT2D eigenvalue weighted by Crippen LogP contribution is -2.24. The van der Waals surface area contributed by atoms with Gasteiger partial charge in [0.1, 0.15) is 11.6 Å². The first kappa shape index (κ1) is 13.3. The maximum absolute atomic E-state index is 4.61. The smallest absolute Gasteiger partial charge is 0.131 e. The van der Waals surface area contributed by atoms with Crippen LogP contribution in [-0.2, 0) is 6.42 Å². The number of aromatic nitrogens is 2. The fourth-order valence-corrected chi connectivity index (χ4v) is 2.23. The Hall–Kier alpha value is -1.16. The van der Waals surface area contributed by atoms with Gasteiger partial charge in [-0.05, 0) is 25.5 Å². The fourth-order valence-electron chi connectivity index (χ4n) is 2.23. The summed E-state index contributed by atoms with van der Waals surface area (Å²) >= 11 is 0. The van der Waals surface area contributed by atoms with Crippen LogP contribution < -0.4 is 10.2 Å². The van der Waals surface area contributed by atoms with E-state index in [1.807, 2.05) is 19.3 Å². The van der Waals surface area contributed by atoms with Crippen LogP contribution in [0.15, 0.2) is 12.3 Å². The fraction of sp³-hybridized carbons (Fsp3) is 0.714. The van der Waals surface area contributed by atoms with Gasteiger partial charge in [0.2, 0.25) is 0 Å². The van der Waals surface area contributed by atoms with Crippen LogP contribution >= 0.6 is 0 Å². The first-order valence-corrected chi connectivity index (χ1v) is 6.97. The number of hydrogen-bond donors (Lipinski definition) is 1. The summed E-state index contributed by atoms with van der Waals surface area (Å²) < 4.78 is 0. The minimum absolute atomic E-state index is 0.890. The molecule has 0 bridgehead atoms. The zero-order valence-corrected chi connectivity index (χ0v) is 11.5. The van der Waals surface area contributed by atoms with Gasteiger partial charge in [-0.1, -0.05) is 19.3 Å². The van der Waals surface area contributed by atoms with Crippen LogP contribution in [0.4, 0.5) is 5.82 Å². The van der Waals surface area contributed by atoms with Gasteiger partial charge in [-0.2, -0.15) is 0 Å². The molecule has 100 valence electrons. The van der Waals surface area contributed by atoms with E-state index in [-0.39, 0.29) is 0 Å². The van der Waals surface area contributed by atoms with Crippen molar-refractivity contribution in [2.45, 2.75) is 32.1 Å². The van der Waals surface area contributed by atoms with Crippen molar-refractivity contribution >= 4 is 5.82 Å². The second kappa shape index (κ2) is 6.69. The van der Waals surface area contributed by atoms with Crippen molar-refractivity contribution < 1.29 is 0 Å². The molecule has 1 aliphatic carbocycles. The molecular weight excluding hydrogens is 224 g/mol. The van der Waals surface area contributed by atoms with Gasteiger partial charge in [0, 0.05) is 32.8 Å². The molecule has 0 aliphatic heterocycles. The molecule has 0 radical (unpaired) electrons. The van der Waals surface area contributed by atoms with Crippen molar-refractivity contribution in [2.24, 2.45) is 5.92 Å². The maximum atomic E-state index is 4.61. The summed E-state index contributed by atoms with van der Waals surface area (Å²) in [5, 5.41) is 3.13. The SMILES string of the molecule is CNCCc1nccc(N(C)CCC2CCC2)n1. The van der Waals surface area contributed by atoms with Gasteiger partial charge in [0.05, 0.1) is 0 Å². The average Bonchev–Trinajstić information content (AvgIpc) is 2.34. The molecule has 0 unspecified atom stereocenters. The van der Waals surface area contributed by atoms with Crippen molar-refractivity contribution in [1.82, 2.24) is 15.3 Å². The summed E-state index contributed by atoms with van der Waals surface area (Å²) in [6.45, 7) is 2.03. The van der Waals surface area contributed by atoms with Gasteiger partial charge in [-0.3, -0.25) is 0 Å². The van der Waals surface area contributed by atoms with E-state index in [2.05, 4.69) is 27.2 Å². The molecule has 1 N–H and O–H groups in total. The van der Waals surface area contributed by atoms with Crippen LogP contribution in [-0.4, -0.2) is 37.2 Å². The first-order valence-electron chi connectivity index (χ1n) is 6.97. The lowest BCUT2D eigenvalue weighted by atomic mass is 9.83. The number of likely N-dealkylation sites (N-methyl/N-ethyl adjacent to an activating group) is 1. The molecule has 0 atom stereocenters. The predicted octanol–water partition coefficient (Wildman–Crippen LogP) is 1.86. The third kappa shape index (κ3) is 3.67. The molecule has 1 aromatic rings. The minimum atomic E-state index is 0.890. The predicted molar refractivity (Wildman–Crippen MR) is 74.9 cm³/mol. The average molecular weight is 248 g/mol. The zero-order chi connectivity index (χ0) is 12.8. The van der Waals surface area contributed by atoms with Gasteiger partial charge in [0.25, 0.3) is 0 Å². The monoisotopic (exact) mass is 248 g/mol. The molecule has 2 rings (SSSR count). The van der Waals surface area contributed by atoms with Crippen LogP contribution in [0, 0.1) is 5.92 Å². The second-order valence-electron chi connectivity index (χ2n) is 5.19. The Labute approximate surface area is 110 Å². The number of anilines is 1. The Bertz CT molecular complexity index is 363. The molecule has 1 heterocycles. The quantitative estimate of drug-likeness (QED) is 0.800. The lowest BCUT2D eigenvalue weighted by molar-refractivity contribution is 0.299. The van der Waals surface area contributed by atoms with E-state index in [1.54, 1.807) is 0 Å². The first-order chi connectivity index (χ1) is 8.79. The highest BCUT2D eigenvalue weighted by molar-refractivity contribution is 5.36. The number of rotatable bonds is 7. The summed E-state index contributed by atoms with van der Waals surface area (Å²) in [5.41, 5.74) is 0. The van der Waals surface area contributed by atoms with E-state index in [1.165, 1.54) is 25.7 Å².